The molecule has 0 spiro atoms. The molecule has 2 aliphatic rings. The summed E-state index contributed by atoms with van der Waals surface area (Å²) in [5.74, 6) is 3.16. The van der Waals surface area contributed by atoms with Gasteiger partial charge in [0.1, 0.15) is 17.4 Å². The molecule has 1 aromatic heterocycles. The maximum atomic E-state index is 5.29. The molecule has 0 saturated carbocycles. The number of nitrogens with zero attached hydrogens (tertiary/aromatic N) is 3. The Morgan fingerprint density at radius 1 is 1.09 bits per heavy atom. The zero-order valence-electron chi connectivity index (χ0n) is 22.2. The largest absolute Gasteiger partial charge is 0.497 e. The van der Waals surface area contributed by atoms with Gasteiger partial charge in [0.2, 0.25) is 0 Å². The molecule has 0 radical (unpaired) electrons. The third kappa shape index (κ3) is 9.96. The van der Waals surface area contributed by atoms with E-state index in [1.165, 1.54) is 12.8 Å². The van der Waals surface area contributed by atoms with Crippen LogP contribution in [0, 0.1) is 5.92 Å². The van der Waals surface area contributed by atoms with Crippen LogP contribution in [-0.4, -0.2) is 70.5 Å². The lowest BCUT2D eigenvalue weighted by atomic mass is 9.97. The lowest BCUT2D eigenvalue weighted by Gasteiger charge is -2.24. The Balaban J connectivity index is 0.000000655. The molecule has 2 aliphatic heterocycles. The number of hydrogen-bond acceptors (Lipinski definition) is 8. The van der Waals surface area contributed by atoms with Crippen molar-refractivity contribution in [2.45, 2.75) is 26.7 Å². The summed E-state index contributed by atoms with van der Waals surface area (Å²) in [5.41, 5.74) is 3.26. The summed E-state index contributed by atoms with van der Waals surface area (Å²) in [6, 6.07) is 10.2. The first-order valence-corrected chi connectivity index (χ1v) is 12.5. The second kappa shape index (κ2) is 15.7. The van der Waals surface area contributed by atoms with E-state index < -0.39 is 0 Å². The molecule has 0 amide bonds. The Morgan fingerprint density at radius 3 is 2.37 bits per heavy atom. The number of hydrogen-bond donors (Lipinski definition) is 4. The molecule has 1 fully saturated rings. The zero-order chi connectivity index (χ0) is 25.5. The minimum atomic E-state index is 0.682. The summed E-state index contributed by atoms with van der Waals surface area (Å²) in [6.45, 7) is 7.87. The number of piperidine rings is 1. The Bertz CT molecular complexity index is 917. The van der Waals surface area contributed by atoms with Crippen molar-refractivity contribution in [2.75, 3.05) is 65.1 Å². The number of pyridine rings is 1. The van der Waals surface area contributed by atoms with Gasteiger partial charge in [0.05, 0.1) is 19.9 Å². The van der Waals surface area contributed by atoms with Gasteiger partial charge in [-0.2, -0.15) is 0 Å². The molecular formula is C27H43N7O. The lowest BCUT2D eigenvalue weighted by molar-refractivity contribution is 0.390. The molecule has 4 N–H and O–H groups in total. The number of nitrogens with one attached hydrogen (secondary N) is 4. The molecule has 192 valence electrons. The summed E-state index contributed by atoms with van der Waals surface area (Å²) in [4.78, 5) is 10.8. The van der Waals surface area contributed by atoms with Crippen LogP contribution in [0.2, 0.25) is 0 Å². The van der Waals surface area contributed by atoms with Gasteiger partial charge in [0, 0.05) is 36.3 Å². The van der Waals surface area contributed by atoms with Gasteiger partial charge >= 0.3 is 0 Å². The van der Waals surface area contributed by atoms with Gasteiger partial charge in [-0.05, 0) is 70.7 Å². The number of methoxy groups -OCH3 is 1. The average molecular weight is 482 g/mol. The fourth-order valence-corrected chi connectivity index (χ4v) is 3.61. The molecule has 2 aromatic rings. The molecule has 4 rings (SSSR count). The Kier molecular flexibility index (Phi) is 12.7. The van der Waals surface area contributed by atoms with Crippen molar-refractivity contribution < 1.29 is 4.74 Å². The summed E-state index contributed by atoms with van der Waals surface area (Å²) in [5, 5.41) is 13.7. The summed E-state index contributed by atoms with van der Waals surface area (Å²) in [7, 11) is 7.68. The minimum Gasteiger partial charge on any atom is -0.497 e. The van der Waals surface area contributed by atoms with Gasteiger partial charge in [0.25, 0.3) is 0 Å². The lowest BCUT2D eigenvalue weighted by Crippen LogP contribution is -2.31. The maximum absolute atomic E-state index is 5.29. The van der Waals surface area contributed by atoms with Crippen molar-refractivity contribution in [1.82, 2.24) is 20.5 Å². The molecule has 1 saturated heterocycles. The molecule has 0 atom stereocenters. The first-order valence-electron chi connectivity index (χ1n) is 12.5. The fraction of sp³-hybridized carbons (Fsp3) is 0.481. The van der Waals surface area contributed by atoms with Gasteiger partial charge in [0.15, 0.2) is 0 Å². The van der Waals surface area contributed by atoms with Crippen LogP contribution in [0.25, 0.3) is 11.1 Å². The molecule has 0 bridgehead atoms. The molecular weight excluding hydrogens is 438 g/mol. The number of anilines is 2. The Labute approximate surface area is 211 Å². The smallest absolute Gasteiger partial charge is 0.133 e. The van der Waals surface area contributed by atoms with Gasteiger partial charge in [-0.3, -0.25) is 4.99 Å². The van der Waals surface area contributed by atoms with Crippen LogP contribution in [0.4, 0.5) is 11.5 Å². The van der Waals surface area contributed by atoms with Crippen molar-refractivity contribution in [3.63, 3.8) is 0 Å². The van der Waals surface area contributed by atoms with Gasteiger partial charge < -0.3 is 30.9 Å². The fourth-order valence-electron chi connectivity index (χ4n) is 3.61. The van der Waals surface area contributed by atoms with Crippen LogP contribution >= 0.6 is 0 Å². The number of benzene rings is 1. The first kappa shape index (κ1) is 28.1. The minimum absolute atomic E-state index is 0.682. The molecule has 0 unspecified atom stereocenters. The van der Waals surface area contributed by atoms with E-state index in [-0.39, 0.29) is 0 Å². The predicted octanol–water partition coefficient (Wildman–Crippen LogP) is 4.26. The Hall–Kier alpha value is -3.10. The van der Waals surface area contributed by atoms with Crippen molar-refractivity contribution in [2.24, 2.45) is 10.9 Å². The number of ether oxygens (including phenoxy) is 1. The highest BCUT2D eigenvalue weighted by molar-refractivity contribution is 5.79. The van der Waals surface area contributed by atoms with Gasteiger partial charge in [-0.15, -0.1) is 0 Å². The molecule has 35 heavy (non-hydrogen) atoms. The van der Waals surface area contributed by atoms with E-state index >= 15 is 0 Å². The van der Waals surface area contributed by atoms with E-state index in [1.807, 2.05) is 64.4 Å². The third-order valence-electron chi connectivity index (χ3n) is 5.30. The summed E-state index contributed by atoms with van der Waals surface area (Å²) < 4.78 is 5.29. The van der Waals surface area contributed by atoms with E-state index in [2.05, 4.69) is 49.4 Å². The van der Waals surface area contributed by atoms with E-state index in [1.54, 1.807) is 13.3 Å². The number of aliphatic imine (C=N–C) groups is 1. The third-order valence-corrected chi connectivity index (χ3v) is 5.30. The Morgan fingerprint density at radius 2 is 1.77 bits per heavy atom. The van der Waals surface area contributed by atoms with Crippen LogP contribution < -0.4 is 26.0 Å². The van der Waals surface area contributed by atoms with Crippen LogP contribution in [-0.2, 0) is 0 Å². The van der Waals surface area contributed by atoms with E-state index in [0.717, 1.165) is 53.8 Å². The standard InChI is InChI=1S/C22H28N6O.C3H9N.C2H6/c1-29-18-4-2-17(3-5-18)19-14-27-21(28-22-15-24-10-11-25-22)12-20(19)26-13-16-6-8-23-9-7-16;1-4(2)3;1-2/h2-5,10,12,14-16,23,25H,6-9,11,13H2,1H3,(H2,26,27,28);1-3H3;1-2H3. The van der Waals surface area contributed by atoms with E-state index in [0.29, 0.717) is 12.5 Å². The average Bonchev–Trinajstić information content (AvgIpc) is 2.90. The molecule has 8 heteroatoms. The SMILES string of the molecule is CC.CN(C)C.COc1ccc(-c2cnc(NC3=CN=CCN3)cc2NCC2CCNCC2)cc1. The zero-order valence-corrected chi connectivity index (χ0v) is 22.2. The van der Waals surface area contributed by atoms with Crippen LogP contribution in [0.15, 0.2) is 53.5 Å². The summed E-state index contributed by atoms with van der Waals surface area (Å²) in [6.07, 6.45) is 7.93. The van der Waals surface area contributed by atoms with Crippen LogP contribution in [0.3, 0.4) is 0 Å². The highest BCUT2D eigenvalue weighted by Crippen LogP contribution is 2.31. The maximum Gasteiger partial charge on any atom is 0.133 e. The molecule has 0 aliphatic carbocycles. The van der Waals surface area contributed by atoms with E-state index in [9.17, 15) is 0 Å². The predicted molar refractivity (Wildman–Crippen MR) is 149 cm³/mol. The van der Waals surface area contributed by atoms with Crippen LogP contribution in [0.1, 0.15) is 26.7 Å². The van der Waals surface area contributed by atoms with Gasteiger partial charge in [-0.1, -0.05) is 26.0 Å². The molecule has 3 heterocycles. The van der Waals surface area contributed by atoms with Crippen molar-refractivity contribution in [1.29, 1.82) is 0 Å². The van der Waals surface area contributed by atoms with Crippen LogP contribution in [0.5, 0.6) is 5.75 Å². The first-order chi connectivity index (χ1) is 17.0. The summed E-state index contributed by atoms with van der Waals surface area (Å²) >= 11 is 0. The second-order valence-electron chi connectivity index (χ2n) is 8.64. The monoisotopic (exact) mass is 481 g/mol. The van der Waals surface area contributed by atoms with Crippen molar-refractivity contribution in [3.05, 3.63) is 48.5 Å². The topological polar surface area (TPSA) is 85.8 Å². The van der Waals surface area contributed by atoms with Crippen molar-refractivity contribution in [3.8, 4) is 16.9 Å². The van der Waals surface area contributed by atoms with Crippen molar-refractivity contribution >= 4 is 17.7 Å². The van der Waals surface area contributed by atoms with E-state index in [4.69, 9.17) is 4.74 Å². The highest BCUT2D eigenvalue weighted by atomic mass is 16.5. The van der Waals surface area contributed by atoms with Gasteiger partial charge in [-0.25, -0.2) is 4.98 Å². The molecule has 8 nitrogen and oxygen atoms in total. The molecule has 1 aromatic carbocycles. The quantitative estimate of drug-likeness (QED) is 0.470. The normalized spacial score (nSPS) is 15.0. The number of aromatic nitrogens is 1. The second-order valence-corrected chi connectivity index (χ2v) is 8.64. The number of rotatable bonds is 7. The highest BCUT2D eigenvalue weighted by Gasteiger charge is 2.15.